The molecular formula is C15H12FN3O2. The van der Waals surface area contributed by atoms with E-state index >= 15 is 0 Å². The summed E-state index contributed by atoms with van der Waals surface area (Å²) in [4.78, 5) is 12.1. The third-order valence-electron chi connectivity index (χ3n) is 3.65. The van der Waals surface area contributed by atoms with E-state index in [2.05, 4.69) is 16.5 Å². The van der Waals surface area contributed by atoms with Gasteiger partial charge in [0.05, 0.1) is 6.07 Å². The van der Waals surface area contributed by atoms with Crippen molar-refractivity contribution in [1.82, 2.24) is 10.5 Å². The predicted octanol–water partition coefficient (Wildman–Crippen LogP) is 2.66. The van der Waals surface area contributed by atoms with Crippen molar-refractivity contribution in [3.63, 3.8) is 0 Å². The molecule has 6 heteroatoms. The lowest BCUT2D eigenvalue weighted by Crippen LogP contribution is -2.52. The van der Waals surface area contributed by atoms with E-state index in [0.717, 1.165) is 6.42 Å². The van der Waals surface area contributed by atoms with Crippen LogP contribution in [0.3, 0.4) is 0 Å². The summed E-state index contributed by atoms with van der Waals surface area (Å²) in [5.74, 6) is -0.412. The third kappa shape index (κ3) is 2.50. The highest BCUT2D eigenvalue weighted by Gasteiger charge is 2.39. The number of nitrogens with zero attached hydrogens (tertiary/aromatic N) is 2. The smallest absolute Gasteiger partial charge is 0.274 e. The highest BCUT2D eigenvalue weighted by Crippen LogP contribution is 2.31. The van der Waals surface area contributed by atoms with Gasteiger partial charge < -0.3 is 9.84 Å². The summed E-state index contributed by atoms with van der Waals surface area (Å²) in [5, 5.41) is 15.5. The molecule has 1 aromatic carbocycles. The molecule has 0 aliphatic heterocycles. The fraction of sp³-hybridized carbons (Fsp3) is 0.267. The first kappa shape index (κ1) is 13.3. The summed E-state index contributed by atoms with van der Waals surface area (Å²) < 4.78 is 18.0. The van der Waals surface area contributed by atoms with Crippen molar-refractivity contribution in [2.75, 3.05) is 0 Å². The van der Waals surface area contributed by atoms with Crippen LogP contribution in [0.25, 0.3) is 11.3 Å². The van der Waals surface area contributed by atoms with Gasteiger partial charge in [-0.2, -0.15) is 5.26 Å². The molecule has 1 aliphatic rings. The highest BCUT2D eigenvalue weighted by atomic mass is 19.1. The van der Waals surface area contributed by atoms with Gasteiger partial charge in [0.1, 0.15) is 11.4 Å². The molecule has 1 N–H and O–H groups in total. The zero-order valence-electron chi connectivity index (χ0n) is 11.1. The van der Waals surface area contributed by atoms with Crippen LogP contribution in [0, 0.1) is 17.1 Å². The van der Waals surface area contributed by atoms with Gasteiger partial charge in [0, 0.05) is 11.6 Å². The molecule has 1 amide bonds. The maximum Gasteiger partial charge on any atom is 0.274 e. The SMILES string of the molecule is N#CC1(NC(=O)c2cc(-c3ccc(F)cc3)on2)CCC1. The summed E-state index contributed by atoms with van der Waals surface area (Å²) in [7, 11) is 0. The molecule has 1 saturated carbocycles. The number of nitrogens with one attached hydrogen (secondary N) is 1. The first-order chi connectivity index (χ1) is 10.1. The second kappa shape index (κ2) is 5.02. The number of rotatable bonds is 3. The second-order valence-corrected chi connectivity index (χ2v) is 5.08. The molecule has 0 saturated heterocycles. The molecule has 0 radical (unpaired) electrons. The van der Waals surface area contributed by atoms with Crippen molar-refractivity contribution in [2.24, 2.45) is 0 Å². The molecule has 0 bridgehead atoms. The normalized spacial score (nSPS) is 15.8. The van der Waals surface area contributed by atoms with Gasteiger partial charge in [0.2, 0.25) is 0 Å². The lowest BCUT2D eigenvalue weighted by Gasteiger charge is -2.35. The van der Waals surface area contributed by atoms with Crippen molar-refractivity contribution in [3.8, 4) is 17.4 Å². The fourth-order valence-electron chi connectivity index (χ4n) is 2.21. The largest absolute Gasteiger partial charge is 0.355 e. The average molecular weight is 285 g/mol. The molecule has 1 aromatic heterocycles. The molecule has 0 spiro atoms. The predicted molar refractivity (Wildman–Crippen MR) is 71.6 cm³/mol. The Morgan fingerprint density at radius 3 is 2.67 bits per heavy atom. The van der Waals surface area contributed by atoms with Crippen LogP contribution in [0.4, 0.5) is 4.39 Å². The third-order valence-corrected chi connectivity index (χ3v) is 3.65. The van der Waals surface area contributed by atoms with Gasteiger partial charge in [-0.05, 0) is 43.5 Å². The summed E-state index contributed by atoms with van der Waals surface area (Å²) in [6, 6.07) is 9.30. The van der Waals surface area contributed by atoms with Crippen molar-refractivity contribution in [3.05, 3.63) is 41.8 Å². The minimum absolute atomic E-state index is 0.107. The van der Waals surface area contributed by atoms with E-state index in [9.17, 15) is 9.18 Å². The fourth-order valence-corrected chi connectivity index (χ4v) is 2.21. The maximum absolute atomic E-state index is 12.9. The van der Waals surface area contributed by atoms with Crippen LogP contribution >= 0.6 is 0 Å². The number of halogens is 1. The Kier molecular flexibility index (Phi) is 3.18. The quantitative estimate of drug-likeness (QED) is 0.940. The number of benzene rings is 1. The maximum atomic E-state index is 12.9. The van der Waals surface area contributed by atoms with Crippen LogP contribution < -0.4 is 5.32 Å². The van der Waals surface area contributed by atoms with Crippen LogP contribution in [0.15, 0.2) is 34.9 Å². The first-order valence-corrected chi connectivity index (χ1v) is 6.58. The van der Waals surface area contributed by atoms with Crippen LogP contribution in [0.1, 0.15) is 29.8 Å². The lowest BCUT2D eigenvalue weighted by atomic mass is 9.78. The van der Waals surface area contributed by atoms with E-state index in [-0.39, 0.29) is 11.5 Å². The molecule has 21 heavy (non-hydrogen) atoms. The van der Waals surface area contributed by atoms with E-state index in [1.807, 2.05) is 0 Å². The summed E-state index contributed by atoms with van der Waals surface area (Å²) >= 11 is 0. The van der Waals surface area contributed by atoms with Crippen LogP contribution in [-0.2, 0) is 0 Å². The molecule has 0 atom stereocenters. The molecule has 0 unspecified atom stereocenters. The van der Waals surface area contributed by atoms with Crippen molar-refractivity contribution in [1.29, 1.82) is 5.26 Å². The van der Waals surface area contributed by atoms with Crippen LogP contribution in [-0.4, -0.2) is 16.6 Å². The van der Waals surface area contributed by atoms with Gasteiger partial charge >= 0.3 is 0 Å². The van der Waals surface area contributed by atoms with Gasteiger partial charge in [-0.1, -0.05) is 5.16 Å². The van der Waals surface area contributed by atoms with Crippen molar-refractivity contribution < 1.29 is 13.7 Å². The minimum atomic E-state index is -0.772. The van der Waals surface area contributed by atoms with E-state index in [1.54, 1.807) is 12.1 Å². The highest BCUT2D eigenvalue weighted by molar-refractivity contribution is 5.94. The number of amides is 1. The Labute approximate surface area is 120 Å². The lowest BCUT2D eigenvalue weighted by molar-refractivity contribution is 0.0872. The van der Waals surface area contributed by atoms with Gasteiger partial charge in [-0.15, -0.1) is 0 Å². The number of carbonyl (C=O) groups is 1. The summed E-state index contributed by atoms with van der Waals surface area (Å²) in [5.41, 5.74) is -0.0380. The second-order valence-electron chi connectivity index (χ2n) is 5.08. The first-order valence-electron chi connectivity index (χ1n) is 6.58. The molecular weight excluding hydrogens is 273 g/mol. The van der Waals surface area contributed by atoms with Gasteiger partial charge in [0.25, 0.3) is 5.91 Å². The van der Waals surface area contributed by atoms with E-state index in [0.29, 0.717) is 24.2 Å². The molecule has 1 heterocycles. The summed E-state index contributed by atoms with van der Waals surface area (Å²) in [6.07, 6.45) is 2.23. The van der Waals surface area contributed by atoms with Gasteiger partial charge in [-0.25, -0.2) is 4.39 Å². The number of hydrogen-bond donors (Lipinski definition) is 1. The van der Waals surface area contributed by atoms with Crippen molar-refractivity contribution in [2.45, 2.75) is 24.8 Å². The van der Waals surface area contributed by atoms with Crippen LogP contribution in [0.2, 0.25) is 0 Å². The topological polar surface area (TPSA) is 78.9 Å². The van der Waals surface area contributed by atoms with Crippen LogP contribution in [0.5, 0.6) is 0 Å². The zero-order valence-corrected chi connectivity index (χ0v) is 11.1. The Morgan fingerprint density at radius 2 is 2.10 bits per heavy atom. The molecule has 3 rings (SSSR count). The number of carbonyl (C=O) groups excluding carboxylic acids is 1. The zero-order chi connectivity index (χ0) is 14.9. The molecule has 1 fully saturated rings. The number of hydrogen-bond acceptors (Lipinski definition) is 4. The van der Waals surface area contributed by atoms with E-state index in [1.165, 1.54) is 18.2 Å². The summed E-state index contributed by atoms with van der Waals surface area (Å²) in [6.45, 7) is 0. The van der Waals surface area contributed by atoms with Gasteiger partial charge in [0.15, 0.2) is 11.5 Å². The molecule has 1 aliphatic carbocycles. The number of nitriles is 1. The standard InChI is InChI=1S/C15H12FN3O2/c16-11-4-2-10(3-5-11)13-8-12(19-21-13)14(20)18-15(9-17)6-1-7-15/h2-5,8H,1,6-7H2,(H,18,20). The Balaban J connectivity index is 1.77. The Bertz CT molecular complexity index is 711. The van der Waals surface area contributed by atoms with Crippen molar-refractivity contribution >= 4 is 5.91 Å². The van der Waals surface area contributed by atoms with E-state index in [4.69, 9.17) is 9.78 Å². The number of aromatic nitrogens is 1. The van der Waals surface area contributed by atoms with Gasteiger partial charge in [-0.3, -0.25) is 4.79 Å². The molecule has 106 valence electrons. The Hall–Kier alpha value is -2.68. The van der Waals surface area contributed by atoms with E-state index < -0.39 is 11.4 Å². The average Bonchev–Trinajstić information content (AvgIpc) is 2.93. The molecule has 5 nitrogen and oxygen atoms in total. The monoisotopic (exact) mass is 285 g/mol. The minimum Gasteiger partial charge on any atom is -0.355 e. The molecule has 2 aromatic rings. The Morgan fingerprint density at radius 1 is 1.38 bits per heavy atom.